The van der Waals surface area contributed by atoms with Crippen LogP contribution in [0.4, 0.5) is 0 Å². The molecule has 0 saturated carbocycles. The van der Waals surface area contributed by atoms with Crippen molar-refractivity contribution >= 4 is 5.78 Å². The van der Waals surface area contributed by atoms with Crippen LogP contribution in [0.3, 0.4) is 0 Å². The Labute approximate surface area is 73.4 Å². The smallest absolute Gasteiger partial charge is 0.137 e. The Morgan fingerprint density at radius 2 is 2.00 bits per heavy atom. The summed E-state index contributed by atoms with van der Waals surface area (Å²) in [5, 5.41) is 0. The van der Waals surface area contributed by atoms with Crippen LogP contribution in [0.5, 0.6) is 0 Å². The molecule has 0 spiro atoms. The average molecular weight is 161 g/mol. The third-order valence-electron chi connectivity index (χ3n) is 1.98. The highest BCUT2D eigenvalue weighted by Gasteiger charge is 2.12. The minimum Gasteiger partial charge on any atom is -0.299 e. The van der Waals surface area contributed by atoms with E-state index >= 15 is 0 Å². The monoisotopic (exact) mass is 161 g/mol. The molecule has 1 heteroatoms. The van der Waals surface area contributed by atoms with Gasteiger partial charge in [0, 0.05) is 5.92 Å². The van der Waals surface area contributed by atoms with Crippen molar-refractivity contribution in [1.82, 2.24) is 0 Å². The predicted molar refractivity (Wildman–Crippen MR) is 49.8 cm³/mol. The number of ketones is 1. The molecular weight excluding hydrogens is 148 g/mol. The summed E-state index contributed by atoms with van der Waals surface area (Å²) in [6.45, 7) is 5.38. The van der Waals surface area contributed by atoms with Crippen LogP contribution in [0, 0.1) is 6.92 Å². The molecule has 0 aliphatic rings. The zero-order valence-electron chi connectivity index (χ0n) is 7.29. The molecule has 0 aromatic heterocycles. The van der Waals surface area contributed by atoms with Gasteiger partial charge in [-0.25, -0.2) is 0 Å². The van der Waals surface area contributed by atoms with Gasteiger partial charge in [-0.15, -0.1) is 0 Å². The molecule has 0 aliphatic heterocycles. The Balaban J connectivity index is 2.88. The molecule has 12 heavy (non-hydrogen) atoms. The number of carbonyl (C=O) groups is 1. The Kier molecular flexibility index (Phi) is 3.03. The lowest BCUT2D eigenvalue weighted by molar-refractivity contribution is -0.118. The molecule has 0 amide bonds. The number of hydrogen-bond acceptors (Lipinski definition) is 1. The number of hydrogen-bond donors (Lipinski definition) is 0. The van der Waals surface area contributed by atoms with Crippen molar-refractivity contribution in [3.8, 4) is 0 Å². The fourth-order valence-corrected chi connectivity index (χ4v) is 1.29. The van der Waals surface area contributed by atoms with Gasteiger partial charge in [0.05, 0.1) is 0 Å². The lowest BCUT2D eigenvalue weighted by Crippen LogP contribution is -2.07. The third-order valence-corrected chi connectivity index (χ3v) is 1.98. The lowest BCUT2D eigenvalue weighted by atomic mass is 9.93. The SMILES string of the molecule is [CH2]CC(C(C)=O)c1ccccc1. The fraction of sp³-hybridized carbons (Fsp3) is 0.273. The normalized spacial score (nSPS) is 12.5. The first-order valence-electron chi connectivity index (χ1n) is 4.10. The molecule has 1 atom stereocenters. The van der Waals surface area contributed by atoms with Crippen molar-refractivity contribution in [2.45, 2.75) is 19.3 Å². The van der Waals surface area contributed by atoms with Gasteiger partial charge in [0.1, 0.15) is 5.78 Å². The predicted octanol–water partition coefficient (Wildman–Crippen LogP) is 2.58. The van der Waals surface area contributed by atoms with Crippen molar-refractivity contribution in [2.24, 2.45) is 0 Å². The van der Waals surface area contributed by atoms with E-state index in [1.54, 1.807) is 6.92 Å². The molecule has 0 bridgehead atoms. The fourth-order valence-electron chi connectivity index (χ4n) is 1.29. The zero-order valence-corrected chi connectivity index (χ0v) is 7.29. The summed E-state index contributed by atoms with van der Waals surface area (Å²) in [6.07, 6.45) is 0.638. The van der Waals surface area contributed by atoms with Crippen molar-refractivity contribution < 1.29 is 4.79 Å². The molecule has 1 aromatic rings. The standard InChI is InChI=1S/C11H13O/c1-3-11(9(2)12)10-7-5-4-6-8-10/h4-8,11H,1,3H2,2H3. The molecule has 1 unspecified atom stereocenters. The van der Waals surface area contributed by atoms with Gasteiger partial charge in [-0.3, -0.25) is 4.79 Å². The van der Waals surface area contributed by atoms with E-state index in [1.165, 1.54) is 0 Å². The molecule has 0 aliphatic carbocycles. The second kappa shape index (κ2) is 4.05. The largest absolute Gasteiger partial charge is 0.299 e. The van der Waals surface area contributed by atoms with E-state index in [-0.39, 0.29) is 11.7 Å². The molecule has 63 valence electrons. The summed E-state index contributed by atoms with van der Waals surface area (Å²) in [4.78, 5) is 11.1. The molecule has 1 nitrogen and oxygen atoms in total. The lowest BCUT2D eigenvalue weighted by Gasteiger charge is -2.10. The Hall–Kier alpha value is -1.11. The molecule has 0 N–H and O–H groups in total. The Morgan fingerprint density at radius 1 is 1.42 bits per heavy atom. The van der Waals surface area contributed by atoms with Gasteiger partial charge in [0.25, 0.3) is 0 Å². The second-order valence-electron chi connectivity index (χ2n) is 2.86. The van der Waals surface area contributed by atoms with Crippen molar-refractivity contribution in [2.75, 3.05) is 0 Å². The van der Waals surface area contributed by atoms with Crippen molar-refractivity contribution in [3.63, 3.8) is 0 Å². The maximum Gasteiger partial charge on any atom is 0.137 e. The van der Waals surface area contributed by atoms with Crippen LogP contribution in [0.1, 0.15) is 24.8 Å². The number of rotatable bonds is 3. The van der Waals surface area contributed by atoms with Crippen molar-refractivity contribution in [3.05, 3.63) is 42.8 Å². The quantitative estimate of drug-likeness (QED) is 0.666. The molecular formula is C11H13O. The Morgan fingerprint density at radius 3 is 2.42 bits per heavy atom. The van der Waals surface area contributed by atoms with Crippen LogP contribution in [0.25, 0.3) is 0 Å². The highest BCUT2D eigenvalue weighted by Crippen LogP contribution is 2.19. The average Bonchev–Trinajstić information content (AvgIpc) is 2.07. The van der Waals surface area contributed by atoms with E-state index in [0.29, 0.717) is 6.42 Å². The van der Waals surface area contributed by atoms with Crippen molar-refractivity contribution in [1.29, 1.82) is 0 Å². The first kappa shape index (κ1) is 8.98. The summed E-state index contributed by atoms with van der Waals surface area (Å²) in [5.74, 6) is 0.169. The zero-order chi connectivity index (χ0) is 8.97. The first-order chi connectivity index (χ1) is 5.75. The van der Waals surface area contributed by atoms with Gasteiger partial charge in [0.2, 0.25) is 0 Å². The van der Waals surface area contributed by atoms with Gasteiger partial charge >= 0.3 is 0 Å². The minimum absolute atomic E-state index is 0.0220. The van der Waals surface area contributed by atoms with Crippen LogP contribution in [-0.4, -0.2) is 5.78 Å². The summed E-state index contributed by atoms with van der Waals surface area (Å²) >= 11 is 0. The van der Waals surface area contributed by atoms with E-state index < -0.39 is 0 Å². The third kappa shape index (κ3) is 1.94. The van der Waals surface area contributed by atoms with Gasteiger partial charge in [-0.2, -0.15) is 0 Å². The second-order valence-corrected chi connectivity index (χ2v) is 2.86. The van der Waals surface area contributed by atoms with E-state index in [0.717, 1.165) is 5.56 Å². The van der Waals surface area contributed by atoms with E-state index in [2.05, 4.69) is 6.92 Å². The van der Waals surface area contributed by atoms with Gasteiger partial charge in [0.15, 0.2) is 0 Å². The topological polar surface area (TPSA) is 17.1 Å². The molecule has 0 saturated heterocycles. The van der Waals surface area contributed by atoms with Crippen LogP contribution >= 0.6 is 0 Å². The number of benzene rings is 1. The molecule has 0 fully saturated rings. The van der Waals surface area contributed by atoms with E-state index in [1.807, 2.05) is 30.3 Å². The number of Topliss-reactive ketones (excluding diaryl/α,β-unsaturated/α-hetero) is 1. The summed E-state index contributed by atoms with van der Waals surface area (Å²) in [5.41, 5.74) is 1.07. The highest BCUT2D eigenvalue weighted by atomic mass is 16.1. The van der Waals surface area contributed by atoms with Gasteiger partial charge in [-0.1, -0.05) is 37.3 Å². The van der Waals surface area contributed by atoms with E-state index in [9.17, 15) is 4.79 Å². The van der Waals surface area contributed by atoms with Gasteiger partial charge in [-0.05, 0) is 18.9 Å². The minimum atomic E-state index is -0.0220. The maximum absolute atomic E-state index is 11.1. The summed E-state index contributed by atoms with van der Waals surface area (Å²) < 4.78 is 0. The maximum atomic E-state index is 11.1. The molecule has 1 radical (unpaired) electrons. The van der Waals surface area contributed by atoms with Gasteiger partial charge < -0.3 is 0 Å². The number of carbonyl (C=O) groups excluding carboxylic acids is 1. The molecule has 1 rings (SSSR count). The summed E-state index contributed by atoms with van der Waals surface area (Å²) in [6, 6.07) is 9.78. The highest BCUT2D eigenvalue weighted by molar-refractivity contribution is 5.83. The van der Waals surface area contributed by atoms with E-state index in [4.69, 9.17) is 0 Å². The Bertz CT molecular complexity index is 251. The molecule has 0 heterocycles. The first-order valence-corrected chi connectivity index (χ1v) is 4.10. The van der Waals surface area contributed by atoms with Crippen LogP contribution in [0.2, 0.25) is 0 Å². The van der Waals surface area contributed by atoms with Crippen LogP contribution < -0.4 is 0 Å². The molecule has 1 aromatic carbocycles. The van der Waals surface area contributed by atoms with Crippen LogP contribution in [-0.2, 0) is 4.79 Å². The summed E-state index contributed by atoms with van der Waals surface area (Å²) in [7, 11) is 0. The van der Waals surface area contributed by atoms with Crippen LogP contribution in [0.15, 0.2) is 30.3 Å².